The lowest BCUT2D eigenvalue weighted by molar-refractivity contribution is 0.391. The first-order valence-electron chi connectivity index (χ1n) is 9.15. The van der Waals surface area contributed by atoms with Crippen molar-refractivity contribution < 1.29 is 8.83 Å². The van der Waals surface area contributed by atoms with Gasteiger partial charge in [-0.2, -0.15) is 0 Å². The third kappa shape index (κ3) is 3.38. The van der Waals surface area contributed by atoms with Crippen LogP contribution in [0.25, 0.3) is 21.9 Å². The molecule has 0 saturated carbocycles. The number of benzene rings is 2. The summed E-state index contributed by atoms with van der Waals surface area (Å²) in [6.07, 6.45) is 4.68. The minimum absolute atomic E-state index is 0. The second-order valence-corrected chi connectivity index (χ2v) is 7.28. The van der Waals surface area contributed by atoms with Gasteiger partial charge in [-0.3, -0.25) is 0 Å². The van der Waals surface area contributed by atoms with E-state index < -0.39 is 0 Å². The molecule has 0 amide bonds. The molecule has 1 aliphatic heterocycles. The van der Waals surface area contributed by atoms with Gasteiger partial charge in [-0.25, -0.2) is 0 Å². The van der Waals surface area contributed by atoms with Gasteiger partial charge in [-0.15, -0.1) is 0 Å². The van der Waals surface area contributed by atoms with Gasteiger partial charge >= 0.3 is 0 Å². The van der Waals surface area contributed by atoms with Gasteiger partial charge in [-0.05, 0) is 67.5 Å². The van der Waals surface area contributed by atoms with Crippen LogP contribution in [0.15, 0.2) is 69.9 Å². The molecule has 1 atom stereocenters. The maximum absolute atomic E-state index is 5.51. The minimum Gasteiger partial charge on any atom is -0.464 e. The predicted molar refractivity (Wildman–Crippen MR) is 110 cm³/mol. The molecule has 5 rings (SSSR count). The first-order chi connectivity index (χ1) is 12.8. The van der Waals surface area contributed by atoms with E-state index in [4.69, 9.17) is 8.83 Å². The Morgan fingerprint density at radius 2 is 1.52 bits per heavy atom. The highest BCUT2D eigenvalue weighted by molar-refractivity contribution is 5.79. The highest BCUT2D eigenvalue weighted by atomic mass is 16.3. The number of likely N-dealkylation sites (N-methyl/N-ethyl adjacent to an activating group) is 1. The Balaban J connectivity index is 0.00000180. The summed E-state index contributed by atoms with van der Waals surface area (Å²) in [4.78, 5) is 2.38. The van der Waals surface area contributed by atoms with Crippen molar-refractivity contribution in [1.29, 1.82) is 0 Å². The third-order valence-electron chi connectivity index (χ3n) is 5.41. The fourth-order valence-corrected chi connectivity index (χ4v) is 4.02. The van der Waals surface area contributed by atoms with Crippen LogP contribution in [0, 0.1) is 0 Å². The van der Waals surface area contributed by atoms with Crippen LogP contribution in [0.2, 0.25) is 0 Å². The van der Waals surface area contributed by atoms with E-state index in [-0.39, 0.29) is 13.5 Å². The summed E-state index contributed by atoms with van der Waals surface area (Å²) >= 11 is 0. The Morgan fingerprint density at radius 1 is 0.926 bits per heavy atom. The average molecular weight is 362 g/mol. The molecule has 4 aromatic rings. The van der Waals surface area contributed by atoms with Crippen molar-refractivity contribution in [2.75, 3.05) is 20.1 Å². The Labute approximate surface area is 159 Å². The zero-order chi connectivity index (χ0) is 17.5. The van der Waals surface area contributed by atoms with E-state index in [2.05, 4.69) is 53.7 Å². The lowest BCUT2D eigenvalue weighted by atomic mass is 9.95. The monoisotopic (exact) mass is 362 g/mol. The van der Waals surface area contributed by atoms with Gasteiger partial charge in [0.25, 0.3) is 0 Å². The summed E-state index contributed by atoms with van der Waals surface area (Å²) < 4.78 is 11.0. The van der Waals surface area contributed by atoms with Crippen molar-refractivity contribution in [3.63, 3.8) is 0 Å². The molecule has 140 valence electrons. The summed E-state index contributed by atoms with van der Waals surface area (Å²) in [5, 5.41) is 6.17. The van der Waals surface area contributed by atoms with E-state index >= 15 is 0 Å². The largest absolute Gasteiger partial charge is 0.464 e. The molecule has 1 saturated heterocycles. The molecule has 1 fully saturated rings. The van der Waals surface area contributed by atoms with Gasteiger partial charge < -0.3 is 19.1 Å². The molecule has 4 heteroatoms. The first kappa shape index (κ1) is 17.8. The van der Waals surface area contributed by atoms with E-state index in [9.17, 15) is 0 Å². The summed E-state index contributed by atoms with van der Waals surface area (Å²) in [5.74, 6) is 0. The highest BCUT2D eigenvalue weighted by Crippen LogP contribution is 2.30. The van der Waals surface area contributed by atoms with Crippen LogP contribution in [0.4, 0.5) is 0 Å². The van der Waals surface area contributed by atoms with Gasteiger partial charge in [0.05, 0.1) is 18.6 Å². The molecule has 1 aliphatic rings. The zero-order valence-electron chi connectivity index (χ0n) is 14.8. The highest BCUT2D eigenvalue weighted by Gasteiger charge is 2.24. The molecule has 3 heterocycles. The Bertz CT molecular complexity index is 975. The maximum Gasteiger partial charge on any atom is 0.133 e. The normalized spacial score (nSPS) is 17.8. The first-order valence-corrected chi connectivity index (χ1v) is 9.15. The number of hydrogen-bond donors (Lipinski definition) is 1. The molecule has 0 bridgehead atoms. The summed E-state index contributed by atoms with van der Waals surface area (Å²) in [5.41, 5.74) is 4.38. The maximum atomic E-state index is 5.51. The number of hydrogen-bond acceptors (Lipinski definition) is 4. The smallest absolute Gasteiger partial charge is 0.133 e. The van der Waals surface area contributed by atoms with Crippen LogP contribution < -0.4 is 5.32 Å². The molecular formula is C23H26N2O2. The van der Waals surface area contributed by atoms with E-state index in [1.54, 1.807) is 12.5 Å². The van der Waals surface area contributed by atoms with E-state index in [1.165, 1.54) is 17.5 Å². The summed E-state index contributed by atoms with van der Waals surface area (Å²) in [6, 6.07) is 17.6. The van der Waals surface area contributed by atoms with Crippen molar-refractivity contribution in [1.82, 2.24) is 10.2 Å². The van der Waals surface area contributed by atoms with Crippen LogP contribution in [-0.2, 0) is 0 Å². The molecule has 1 unspecified atom stereocenters. The quantitative estimate of drug-likeness (QED) is 0.542. The third-order valence-corrected chi connectivity index (χ3v) is 5.41. The number of rotatable bonds is 4. The van der Waals surface area contributed by atoms with Crippen LogP contribution in [0.1, 0.15) is 31.0 Å². The standard InChI is InChI=1S/C22H22N2O2.CH4/c1-24-9-6-19(14-24)23-22(17-2-4-20-15(12-17)7-10-25-20)18-3-5-21-16(13-18)8-11-26-21;/h2-5,7-8,10-13,19,22-23H,6,9,14H2,1H3;1H4. The number of likely N-dealkylation sites (tertiary alicyclic amines) is 1. The van der Waals surface area contributed by atoms with Crippen LogP contribution in [0.3, 0.4) is 0 Å². The van der Waals surface area contributed by atoms with E-state index in [0.717, 1.165) is 35.0 Å². The molecule has 4 nitrogen and oxygen atoms in total. The fraction of sp³-hybridized carbons (Fsp3) is 0.304. The van der Waals surface area contributed by atoms with Crippen LogP contribution >= 0.6 is 0 Å². The Hall–Kier alpha value is -2.56. The predicted octanol–water partition coefficient (Wildman–Crippen LogP) is 5.20. The number of nitrogens with one attached hydrogen (secondary N) is 1. The second-order valence-electron chi connectivity index (χ2n) is 7.28. The van der Waals surface area contributed by atoms with E-state index in [1.807, 2.05) is 12.1 Å². The van der Waals surface area contributed by atoms with Crippen molar-refractivity contribution in [3.8, 4) is 0 Å². The lowest BCUT2D eigenvalue weighted by Crippen LogP contribution is -2.35. The summed E-state index contributed by atoms with van der Waals surface area (Å²) in [6.45, 7) is 2.23. The second kappa shape index (κ2) is 7.22. The van der Waals surface area contributed by atoms with Crippen LogP contribution in [-0.4, -0.2) is 31.1 Å². The Morgan fingerprint density at radius 3 is 2.04 bits per heavy atom. The average Bonchev–Trinajstić information content (AvgIpc) is 3.39. The number of nitrogens with zero attached hydrogens (tertiary/aromatic N) is 1. The molecule has 2 aromatic carbocycles. The van der Waals surface area contributed by atoms with E-state index in [0.29, 0.717) is 6.04 Å². The minimum atomic E-state index is 0. The SMILES string of the molecule is C.CN1CCC(NC(c2ccc3occc3c2)c2ccc3occc3c2)C1. The zero-order valence-corrected chi connectivity index (χ0v) is 14.8. The number of furan rings is 2. The van der Waals surface area contributed by atoms with Gasteiger partial charge in [0.2, 0.25) is 0 Å². The van der Waals surface area contributed by atoms with Gasteiger partial charge in [0, 0.05) is 23.4 Å². The van der Waals surface area contributed by atoms with Crippen LogP contribution in [0.5, 0.6) is 0 Å². The van der Waals surface area contributed by atoms with Gasteiger partial charge in [0.15, 0.2) is 0 Å². The fourth-order valence-electron chi connectivity index (χ4n) is 4.02. The van der Waals surface area contributed by atoms with Gasteiger partial charge in [-0.1, -0.05) is 19.6 Å². The summed E-state index contributed by atoms with van der Waals surface area (Å²) in [7, 11) is 2.19. The molecule has 0 radical (unpaired) electrons. The Kier molecular flexibility index (Phi) is 4.77. The van der Waals surface area contributed by atoms with Gasteiger partial charge in [0.1, 0.15) is 11.2 Å². The topological polar surface area (TPSA) is 41.5 Å². The van der Waals surface area contributed by atoms with Crippen molar-refractivity contribution >= 4 is 21.9 Å². The lowest BCUT2D eigenvalue weighted by Gasteiger charge is -2.24. The molecule has 1 N–H and O–H groups in total. The molecule has 0 aliphatic carbocycles. The molecule has 0 spiro atoms. The van der Waals surface area contributed by atoms with Crippen molar-refractivity contribution in [2.24, 2.45) is 0 Å². The molecule has 27 heavy (non-hydrogen) atoms. The number of fused-ring (bicyclic) bond motifs is 2. The van der Waals surface area contributed by atoms with Crippen molar-refractivity contribution in [2.45, 2.75) is 25.9 Å². The van der Waals surface area contributed by atoms with Crippen molar-refractivity contribution in [3.05, 3.63) is 72.2 Å². The molecular weight excluding hydrogens is 336 g/mol. The molecule has 2 aromatic heterocycles.